The Bertz CT molecular complexity index is 830. The first-order chi connectivity index (χ1) is 13.4. The summed E-state index contributed by atoms with van der Waals surface area (Å²) in [5.41, 5.74) is 0.512. The molecule has 2 amide bonds. The van der Waals surface area contributed by atoms with Crippen LogP contribution in [-0.4, -0.2) is 46.8 Å². The summed E-state index contributed by atoms with van der Waals surface area (Å²) in [7, 11) is 0. The quantitative estimate of drug-likeness (QED) is 0.571. The molecular weight excluding hydrogens is 380 g/mol. The number of nitro groups is 1. The molecule has 1 aromatic heterocycles. The van der Waals surface area contributed by atoms with Crippen molar-refractivity contribution in [3.05, 3.63) is 56.8 Å². The highest BCUT2D eigenvalue weighted by atomic mass is 32.1. The Kier molecular flexibility index (Phi) is 6.37. The number of non-ortho nitro benzene ring substituents is 1. The first-order valence-corrected chi connectivity index (χ1v) is 9.96. The maximum atomic E-state index is 12.5. The highest BCUT2D eigenvalue weighted by Gasteiger charge is 2.27. The monoisotopic (exact) mass is 402 g/mol. The largest absolute Gasteiger partial charge is 0.349 e. The molecule has 1 aliphatic rings. The second-order valence-corrected chi connectivity index (χ2v) is 7.68. The third-order valence-corrected chi connectivity index (χ3v) is 5.75. The van der Waals surface area contributed by atoms with E-state index >= 15 is 0 Å². The molecule has 3 rings (SSSR count). The average molecular weight is 402 g/mol. The summed E-state index contributed by atoms with van der Waals surface area (Å²) in [6, 6.07) is 9.21. The minimum Gasteiger partial charge on any atom is -0.349 e. The van der Waals surface area contributed by atoms with Gasteiger partial charge in [-0.1, -0.05) is 6.07 Å². The summed E-state index contributed by atoms with van der Waals surface area (Å²) < 4.78 is 0. The van der Waals surface area contributed by atoms with E-state index in [1.54, 1.807) is 6.07 Å². The molecule has 9 heteroatoms. The summed E-state index contributed by atoms with van der Waals surface area (Å²) in [6.07, 6.45) is 1.57. The number of thiophene rings is 1. The smallest absolute Gasteiger partial charge is 0.269 e. The van der Waals surface area contributed by atoms with E-state index < -0.39 is 4.92 Å². The van der Waals surface area contributed by atoms with E-state index in [9.17, 15) is 19.7 Å². The normalized spacial score (nSPS) is 16.3. The van der Waals surface area contributed by atoms with Crippen molar-refractivity contribution in [2.45, 2.75) is 31.8 Å². The fourth-order valence-electron chi connectivity index (χ4n) is 3.17. The lowest BCUT2D eigenvalue weighted by atomic mass is 10.0. The molecule has 1 aliphatic heterocycles. The number of likely N-dealkylation sites (tertiary alicyclic amines) is 1. The van der Waals surface area contributed by atoms with Gasteiger partial charge in [0.25, 0.3) is 11.6 Å². The Labute approximate surface area is 166 Å². The topological polar surface area (TPSA) is 105 Å². The van der Waals surface area contributed by atoms with Crippen LogP contribution in [-0.2, 0) is 4.79 Å². The van der Waals surface area contributed by atoms with E-state index in [1.165, 1.54) is 35.6 Å². The van der Waals surface area contributed by atoms with Crippen LogP contribution in [0.1, 0.15) is 29.4 Å². The number of carbonyl (C=O) groups excluding carboxylic acids is 2. The lowest BCUT2D eigenvalue weighted by molar-refractivity contribution is -0.384. The van der Waals surface area contributed by atoms with E-state index in [0.717, 1.165) is 12.8 Å². The lowest BCUT2D eigenvalue weighted by Gasteiger charge is -2.35. The van der Waals surface area contributed by atoms with Gasteiger partial charge in [0.05, 0.1) is 15.8 Å². The molecule has 0 radical (unpaired) electrons. The third-order valence-electron chi connectivity index (χ3n) is 4.88. The summed E-state index contributed by atoms with van der Waals surface area (Å²) in [5, 5.41) is 18.4. The first kappa shape index (κ1) is 20.0. The molecule has 1 fully saturated rings. The van der Waals surface area contributed by atoms with E-state index in [1.807, 2.05) is 18.4 Å². The standard InChI is InChI=1S/C19H22N4O4S/c1-13(18(24)20-14-4-6-16(7-5-14)23(26)27)22-10-8-15(9-11-22)21-19(25)17-3-2-12-28-17/h2-7,12-13,15H,8-11H2,1H3,(H,20,24)(H,21,25). The van der Waals surface area contributed by atoms with Crippen molar-refractivity contribution in [3.8, 4) is 0 Å². The minimum absolute atomic E-state index is 0.0160. The average Bonchev–Trinajstić information content (AvgIpc) is 3.23. The van der Waals surface area contributed by atoms with Gasteiger partial charge in [0.1, 0.15) is 0 Å². The van der Waals surface area contributed by atoms with E-state index in [0.29, 0.717) is 23.7 Å². The summed E-state index contributed by atoms with van der Waals surface area (Å²) >= 11 is 1.42. The zero-order chi connectivity index (χ0) is 20.1. The van der Waals surface area contributed by atoms with Crippen molar-refractivity contribution in [2.75, 3.05) is 18.4 Å². The van der Waals surface area contributed by atoms with Crippen LogP contribution in [0.5, 0.6) is 0 Å². The SMILES string of the molecule is CC(C(=O)Nc1ccc([N+](=O)[O-])cc1)N1CCC(NC(=O)c2cccs2)CC1. The van der Waals surface area contributed by atoms with Crippen molar-refractivity contribution in [1.82, 2.24) is 10.2 Å². The number of nitrogens with zero attached hydrogens (tertiary/aromatic N) is 2. The molecule has 1 atom stereocenters. The van der Waals surface area contributed by atoms with Crippen LogP contribution in [0.15, 0.2) is 41.8 Å². The van der Waals surface area contributed by atoms with Gasteiger partial charge in [0, 0.05) is 37.0 Å². The number of benzene rings is 1. The van der Waals surface area contributed by atoms with E-state index in [4.69, 9.17) is 0 Å². The molecule has 0 spiro atoms. The van der Waals surface area contributed by atoms with E-state index in [-0.39, 0.29) is 29.6 Å². The summed E-state index contributed by atoms with van der Waals surface area (Å²) in [5.74, 6) is -0.202. The second kappa shape index (κ2) is 8.94. The van der Waals surface area contributed by atoms with Gasteiger partial charge in [-0.05, 0) is 43.3 Å². The third kappa shape index (κ3) is 4.93. The predicted molar refractivity (Wildman–Crippen MR) is 108 cm³/mol. The minimum atomic E-state index is -0.477. The predicted octanol–water partition coefficient (Wildman–Crippen LogP) is 2.88. The number of hydrogen-bond acceptors (Lipinski definition) is 6. The molecule has 1 saturated heterocycles. The zero-order valence-electron chi connectivity index (χ0n) is 15.5. The van der Waals surface area contributed by atoms with Crippen molar-refractivity contribution in [1.29, 1.82) is 0 Å². The molecule has 1 aromatic carbocycles. The molecule has 2 aromatic rings. The van der Waals surface area contributed by atoms with Gasteiger partial charge >= 0.3 is 0 Å². The van der Waals surface area contributed by atoms with Gasteiger partial charge in [-0.25, -0.2) is 0 Å². The molecule has 0 bridgehead atoms. The summed E-state index contributed by atoms with van der Waals surface area (Å²) in [6.45, 7) is 3.26. The Morgan fingerprint density at radius 2 is 1.89 bits per heavy atom. The number of nitrogens with one attached hydrogen (secondary N) is 2. The van der Waals surface area contributed by atoms with Gasteiger partial charge in [-0.2, -0.15) is 0 Å². The van der Waals surface area contributed by atoms with Gasteiger partial charge in [-0.15, -0.1) is 11.3 Å². The van der Waals surface area contributed by atoms with Gasteiger partial charge in [0.15, 0.2) is 0 Å². The molecule has 0 saturated carbocycles. The highest BCUT2D eigenvalue weighted by Crippen LogP contribution is 2.18. The number of nitro benzene ring substituents is 1. The Morgan fingerprint density at radius 1 is 1.21 bits per heavy atom. The first-order valence-electron chi connectivity index (χ1n) is 9.08. The number of carbonyl (C=O) groups is 2. The van der Waals surface area contributed by atoms with Crippen molar-refractivity contribution < 1.29 is 14.5 Å². The molecule has 148 valence electrons. The number of amides is 2. The number of anilines is 1. The van der Waals surface area contributed by atoms with Crippen LogP contribution in [0.2, 0.25) is 0 Å². The van der Waals surface area contributed by atoms with Crippen LogP contribution in [0.3, 0.4) is 0 Å². The fourth-order valence-corrected chi connectivity index (χ4v) is 3.80. The maximum Gasteiger partial charge on any atom is 0.269 e. The fraction of sp³-hybridized carbons (Fsp3) is 0.368. The van der Waals surface area contributed by atoms with Gasteiger partial charge in [-0.3, -0.25) is 24.6 Å². The van der Waals surface area contributed by atoms with Crippen LogP contribution in [0, 0.1) is 10.1 Å². The lowest BCUT2D eigenvalue weighted by Crippen LogP contribution is -2.50. The molecule has 1 unspecified atom stereocenters. The molecule has 2 N–H and O–H groups in total. The second-order valence-electron chi connectivity index (χ2n) is 6.73. The maximum absolute atomic E-state index is 12.5. The van der Waals surface area contributed by atoms with E-state index in [2.05, 4.69) is 15.5 Å². The molecule has 0 aliphatic carbocycles. The summed E-state index contributed by atoms with van der Waals surface area (Å²) in [4.78, 5) is 37.6. The molecule has 8 nitrogen and oxygen atoms in total. The number of rotatable bonds is 6. The van der Waals surface area contributed by atoms with Crippen molar-refractivity contribution in [3.63, 3.8) is 0 Å². The zero-order valence-corrected chi connectivity index (χ0v) is 16.3. The molecular formula is C19H22N4O4S. The Balaban J connectivity index is 1.47. The molecule has 2 heterocycles. The van der Waals surface area contributed by atoms with Crippen molar-refractivity contribution in [2.24, 2.45) is 0 Å². The highest BCUT2D eigenvalue weighted by molar-refractivity contribution is 7.12. The van der Waals surface area contributed by atoms with Crippen LogP contribution >= 0.6 is 11.3 Å². The van der Waals surface area contributed by atoms with Gasteiger partial charge in [0.2, 0.25) is 5.91 Å². The van der Waals surface area contributed by atoms with Crippen LogP contribution < -0.4 is 10.6 Å². The van der Waals surface area contributed by atoms with Crippen LogP contribution in [0.4, 0.5) is 11.4 Å². The van der Waals surface area contributed by atoms with Crippen LogP contribution in [0.25, 0.3) is 0 Å². The van der Waals surface area contributed by atoms with Gasteiger partial charge < -0.3 is 10.6 Å². The Morgan fingerprint density at radius 3 is 2.46 bits per heavy atom. The molecule has 28 heavy (non-hydrogen) atoms. The Hall–Kier alpha value is -2.78. The number of hydrogen-bond donors (Lipinski definition) is 2. The van der Waals surface area contributed by atoms with Crippen molar-refractivity contribution >= 4 is 34.5 Å². The number of piperidine rings is 1.